The van der Waals surface area contributed by atoms with Gasteiger partial charge in [-0.05, 0) is 25.0 Å². The van der Waals surface area contributed by atoms with E-state index in [1.807, 2.05) is 0 Å². The molecule has 1 aromatic carbocycles. The summed E-state index contributed by atoms with van der Waals surface area (Å²) in [4.78, 5) is 0. The molecule has 0 saturated carbocycles. The molecule has 1 aliphatic heterocycles. The third-order valence-electron chi connectivity index (χ3n) is 2.70. The Labute approximate surface area is 100 Å². The first-order valence-corrected chi connectivity index (χ1v) is 5.93. The fourth-order valence-electron chi connectivity index (χ4n) is 1.81. The fourth-order valence-corrected chi connectivity index (χ4v) is 1.97. The Kier molecular flexibility index (Phi) is 3.91. The summed E-state index contributed by atoms with van der Waals surface area (Å²) >= 11 is 5.86. The number of nitrogen functional groups attached to an aromatic ring is 1. The highest BCUT2D eigenvalue weighted by Gasteiger charge is 2.15. The van der Waals surface area contributed by atoms with Gasteiger partial charge in [0.2, 0.25) is 0 Å². The summed E-state index contributed by atoms with van der Waals surface area (Å²) in [7, 11) is 0. The van der Waals surface area contributed by atoms with Crippen molar-refractivity contribution in [3.8, 4) is 5.75 Å². The van der Waals surface area contributed by atoms with Crippen molar-refractivity contribution in [3.05, 3.63) is 23.2 Å². The van der Waals surface area contributed by atoms with Gasteiger partial charge in [0.1, 0.15) is 5.75 Å². The molecule has 1 aromatic rings. The summed E-state index contributed by atoms with van der Waals surface area (Å²) in [5.74, 6) is 0.658. The molecule has 0 spiro atoms. The maximum Gasteiger partial charge on any atom is 0.143 e. The first kappa shape index (κ1) is 11.6. The number of nitrogens with two attached hydrogens (primary N) is 1. The number of hydrogen-bond acceptors (Lipinski definition) is 3. The highest BCUT2D eigenvalue weighted by Crippen LogP contribution is 2.26. The maximum absolute atomic E-state index is 5.86. The molecule has 1 unspecified atom stereocenters. The summed E-state index contributed by atoms with van der Waals surface area (Å²) in [6.45, 7) is 1.50. The van der Waals surface area contributed by atoms with E-state index in [0.717, 1.165) is 25.9 Å². The third-order valence-corrected chi connectivity index (χ3v) is 2.93. The molecule has 1 atom stereocenters. The van der Waals surface area contributed by atoms with Crippen LogP contribution in [0.4, 0.5) is 5.69 Å². The molecule has 3 nitrogen and oxygen atoms in total. The molecular weight excluding hydrogens is 226 g/mol. The molecule has 2 N–H and O–H groups in total. The molecule has 0 aliphatic carbocycles. The quantitative estimate of drug-likeness (QED) is 0.825. The molecule has 1 heterocycles. The second-order valence-corrected chi connectivity index (χ2v) is 4.39. The van der Waals surface area contributed by atoms with Crippen LogP contribution in [-0.2, 0) is 4.74 Å². The first-order chi connectivity index (χ1) is 7.75. The predicted molar refractivity (Wildman–Crippen MR) is 65.0 cm³/mol. The second kappa shape index (κ2) is 5.41. The molecule has 0 radical (unpaired) electrons. The van der Waals surface area contributed by atoms with Crippen LogP contribution in [0, 0.1) is 0 Å². The molecule has 16 heavy (non-hydrogen) atoms. The van der Waals surface area contributed by atoms with Gasteiger partial charge in [-0.2, -0.15) is 0 Å². The van der Waals surface area contributed by atoms with Crippen LogP contribution >= 0.6 is 11.6 Å². The highest BCUT2D eigenvalue weighted by atomic mass is 35.5. The molecular formula is C12H16ClNO2. The van der Waals surface area contributed by atoms with Gasteiger partial charge < -0.3 is 15.2 Å². The normalized spacial score (nSPS) is 19.9. The van der Waals surface area contributed by atoms with Crippen molar-refractivity contribution < 1.29 is 9.47 Å². The Morgan fingerprint density at radius 3 is 3.12 bits per heavy atom. The van der Waals surface area contributed by atoms with Gasteiger partial charge in [-0.1, -0.05) is 11.6 Å². The smallest absolute Gasteiger partial charge is 0.143 e. The lowest BCUT2D eigenvalue weighted by molar-refractivity contribution is 0.0904. The molecule has 1 aliphatic rings. The largest absolute Gasteiger partial charge is 0.491 e. The molecule has 88 valence electrons. The van der Waals surface area contributed by atoms with E-state index in [2.05, 4.69) is 0 Å². The van der Waals surface area contributed by atoms with E-state index in [4.69, 9.17) is 26.8 Å². The van der Waals surface area contributed by atoms with E-state index >= 15 is 0 Å². The van der Waals surface area contributed by atoms with Crippen LogP contribution in [-0.4, -0.2) is 19.3 Å². The van der Waals surface area contributed by atoms with E-state index in [1.54, 1.807) is 18.2 Å². The molecule has 1 fully saturated rings. The topological polar surface area (TPSA) is 44.5 Å². The lowest BCUT2D eigenvalue weighted by Gasteiger charge is -2.12. The Hall–Kier alpha value is -0.930. The third kappa shape index (κ3) is 3.03. The number of rotatable bonds is 4. The van der Waals surface area contributed by atoms with Crippen molar-refractivity contribution in [3.63, 3.8) is 0 Å². The average molecular weight is 242 g/mol. The van der Waals surface area contributed by atoms with Gasteiger partial charge in [0.25, 0.3) is 0 Å². The van der Waals surface area contributed by atoms with Crippen LogP contribution in [0.25, 0.3) is 0 Å². The lowest BCUT2D eigenvalue weighted by atomic mass is 10.2. The van der Waals surface area contributed by atoms with Gasteiger partial charge in [0.15, 0.2) is 0 Å². The summed E-state index contributed by atoms with van der Waals surface area (Å²) in [5, 5.41) is 0.640. The van der Waals surface area contributed by atoms with Gasteiger partial charge in [0, 0.05) is 24.1 Å². The summed E-state index contributed by atoms with van der Waals surface area (Å²) < 4.78 is 11.1. The predicted octanol–water partition coefficient (Wildman–Crippen LogP) is 2.87. The molecule has 0 amide bonds. The number of halogens is 1. The van der Waals surface area contributed by atoms with Crippen LogP contribution in [0.1, 0.15) is 19.3 Å². The number of benzene rings is 1. The summed E-state index contributed by atoms with van der Waals surface area (Å²) in [5.41, 5.74) is 6.39. The van der Waals surface area contributed by atoms with Crippen molar-refractivity contribution in [2.24, 2.45) is 0 Å². The lowest BCUT2D eigenvalue weighted by Crippen LogP contribution is -2.11. The van der Waals surface area contributed by atoms with E-state index < -0.39 is 0 Å². The van der Waals surface area contributed by atoms with Crippen molar-refractivity contribution >= 4 is 17.3 Å². The van der Waals surface area contributed by atoms with E-state index in [9.17, 15) is 0 Å². The maximum atomic E-state index is 5.86. The minimum Gasteiger partial charge on any atom is -0.491 e. The highest BCUT2D eigenvalue weighted by molar-refractivity contribution is 6.30. The van der Waals surface area contributed by atoms with Gasteiger partial charge in [0.05, 0.1) is 18.4 Å². The first-order valence-electron chi connectivity index (χ1n) is 5.55. The van der Waals surface area contributed by atoms with E-state index in [-0.39, 0.29) is 0 Å². The zero-order valence-corrected chi connectivity index (χ0v) is 9.87. The SMILES string of the molecule is Nc1ccc(Cl)cc1OCCC1CCCO1. The average Bonchev–Trinajstić information content (AvgIpc) is 2.76. The van der Waals surface area contributed by atoms with Crippen LogP contribution in [0.2, 0.25) is 5.02 Å². The van der Waals surface area contributed by atoms with Crippen molar-refractivity contribution in [1.29, 1.82) is 0 Å². The zero-order chi connectivity index (χ0) is 11.4. The van der Waals surface area contributed by atoms with Crippen LogP contribution in [0.5, 0.6) is 5.75 Å². The Balaban J connectivity index is 1.82. The Bertz CT molecular complexity index is 351. The fraction of sp³-hybridized carbons (Fsp3) is 0.500. The van der Waals surface area contributed by atoms with E-state index in [0.29, 0.717) is 29.2 Å². The van der Waals surface area contributed by atoms with Crippen LogP contribution in [0.15, 0.2) is 18.2 Å². The second-order valence-electron chi connectivity index (χ2n) is 3.95. The van der Waals surface area contributed by atoms with Crippen LogP contribution < -0.4 is 10.5 Å². The van der Waals surface area contributed by atoms with E-state index in [1.165, 1.54) is 0 Å². The standard InChI is InChI=1S/C12H16ClNO2/c13-9-3-4-11(14)12(8-9)16-7-5-10-2-1-6-15-10/h3-4,8,10H,1-2,5-7,14H2. The van der Waals surface area contributed by atoms with Gasteiger partial charge in [-0.25, -0.2) is 0 Å². The molecule has 0 aromatic heterocycles. The monoisotopic (exact) mass is 241 g/mol. The molecule has 4 heteroatoms. The molecule has 2 rings (SSSR count). The minimum absolute atomic E-state index is 0.348. The van der Waals surface area contributed by atoms with Gasteiger partial charge in [-0.15, -0.1) is 0 Å². The summed E-state index contributed by atoms with van der Waals surface area (Å²) in [6, 6.07) is 5.25. The molecule has 0 bridgehead atoms. The van der Waals surface area contributed by atoms with Crippen molar-refractivity contribution in [2.45, 2.75) is 25.4 Å². The summed E-state index contributed by atoms with van der Waals surface area (Å²) in [6.07, 6.45) is 3.55. The number of anilines is 1. The zero-order valence-electron chi connectivity index (χ0n) is 9.12. The Morgan fingerprint density at radius 1 is 1.50 bits per heavy atom. The molecule has 1 saturated heterocycles. The Morgan fingerprint density at radius 2 is 2.38 bits per heavy atom. The van der Waals surface area contributed by atoms with Crippen molar-refractivity contribution in [1.82, 2.24) is 0 Å². The number of ether oxygens (including phenoxy) is 2. The number of hydrogen-bond donors (Lipinski definition) is 1. The minimum atomic E-state index is 0.348. The van der Waals surface area contributed by atoms with Crippen LogP contribution in [0.3, 0.4) is 0 Å². The van der Waals surface area contributed by atoms with Gasteiger partial charge in [-0.3, -0.25) is 0 Å². The van der Waals surface area contributed by atoms with Crippen molar-refractivity contribution in [2.75, 3.05) is 18.9 Å². The van der Waals surface area contributed by atoms with Gasteiger partial charge >= 0.3 is 0 Å².